The number of rotatable bonds is 35. The second kappa shape index (κ2) is 30.3. The van der Waals surface area contributed by atoms with Gasteiger partial charge in [-0.2, -0.15) is 0 Å². The first-order valence-electron chi connectivity index (χ1n) is 17.5. The fraction of sp³-hybridized carbons (Fsp3) is 0.743. The molecule has 0 saturated heterocycles. The van der Waals surface area contributed by atoms with Crippen molar-refractivity contribution in [3.8, 4) is 0 Å². The molecule has 0 radical (unpaired) electrons. The van der Waals surface area contributed by atoms with Crippen LogP contribution in [0.3, 0.4) is 0 Å². The molecule has 14 heteroatoms. The third-order valence-corrected chi connectivity index (χ3v) is 7.04. The van der Waals surface area contributed by atoms with Crippen molar-refractivity contribution in [3.63, 3.8) is 0 Å². The van der Waals surface area contributed by atoms with E-state index in [9.17, 15) is 14.4 Å². The van der Waals surface area contributed by atoms with Crippen LogP contribution in [0.2, 0.25) is 0 Å². The molecule has 0 aromatic heterocycles. The van der Waals surface area contributed by atoms with Gasteiger partial charge in [-0.1, -0.05) is 38.3 Å². The van der Waals surface area contributed by atoms with E-state index >= 15 is 0 Å². The lowest BCUT2D eigenvalue weighted by atomic mass is 10.1. The van der Waals surface area contributed by atoms with Crippen molar-refractivity contribution in [3.05, 3.63) is 35.4 Å². The Morgan fingerprint density at radius 3 is 1.20 bits per heavy atom. The Hall–Kier alpha value is -2.53. The number of hydrogen-bond acceptors (Lipinski definition) is 13. The Morgan fingerprint density at radius 1 is 0.490 bits per heavy atom. The molecule has 1 heterocycles. The molecule has 1 aliphatic heterocycles. The molecule has 0 aliphatic carbocycles. The topological polar surface area (TPSA) is 147 Å². The third-order valence-electron chi connectivity index (χ3n) is 7.04. The number of fused-ring (bicyclic) bond motifs is 1. The van der Waals surface area contributed by atoms with Crippen LogP contribution >= 0.6 is 0 Å². The summed E-state index contributed by atoms with van der Waals surface area (Å²) in [7, 11) is 0. The molecule has 2 rings (SSSR count). The second-order valence-electron chi connectivity index (χ2n) is 10.9. The first-order valence-corrected chi connectivity index (χ1v) is 17.5. The minimum Gasteiger partial charge on any atom is -0.463 e. The molecule has 0 atom stereocenters. The highest BCUT2D eigenvalue weighted by molar-refractivity contribution is 6.21. The molecule has 1 aromatic rings. The summed E-state index contributed by atoms with van der Waals surface area (Å²) in [6.07, 6.45) is 4.73. The maximum atomic E-state index is 12.3. The zero-order valence-corrected chi connectivity index (χ0v) is 29.2. The molecule has 0 bridgehead atoms. The number of esters is 1. The van der Waals surface area contributed by atoms with Gasteiger partial charge < -0.3 is 47.4 Å². The monoisotopic (exact) mass is 699 g/mol. The average Bonchev–Trinajstić information content (AvgIpc) is 3.35. The minimum absolute atomic E-state index is 0.159. The van der Waals surface area contributed by atoms with Crippen LogP contribution in [0.1, 0.15) is 59.7 Å². The largest absolute Gasteiger partial charge is 0.463 e. The minimum atomic E-state index is -0.280. The van der Waals surface area contributed by atoms with E-state index in [1.165, 1.54) is 4.90 Å². The maximum absolute atomic E-state index is 12.3. The van der Waals surface area contributed by atoms with Gasteiger partial charge in [-0.05, 0) is 18.6 Å². The summed E-state index contributed by atoms with van der Waals surface area (Å²) < 4.78 is 54.3. The quantitative estimate of drug-likeness (QED) is 0.0582. The highest BCUT2D eigenvalue weighted by Crippen LogP contribution is 2.21. The molecule has 0 N–H and O–H groups in total. The summed E-state index contributed by atoms with van der Waals surface area (Å²) >= 11 is 0. The predicted octanol–water partition coefficient (Wildman–Crippen LogP) is 2.95. The number of carbonyl (C=O) groups is 3. The summed E-state index contributed by atoms with van der Waals surface area (Å²) in [5, 5.41) is 0. The van der Waals surface area contributed by atoms with E-state index in [0.29, 0.717) is 130 Å². The molecule has 1 aromatic carbocycles. The van der Waals surface area contributed by atoms with Gasteiger partial charge in [-0.25, -0.2) is 0 Å². The predicted molar refractivity (Wildman–Crippen MR) is 179 cm³/mol. The van der Waals surface area contributed by atoms with E-state index in [1.54, 1.807) is 24.3 Å². The van der Waals surface area contributed by atoms with E-state index in [0.717, 1.165) is 25.7 Å². The Kier molecular flexibility index (Phi) is 26.4. The summed E-state index contributed by atoms with van der Waals surface area (Å²) in [6.45, 7) is 10.5. The first kappa shape index (κ1) is 42.6. The molecule has 0 spiro atoms. The summed E-state index contributed by atoms with van der Waals surface area (Å²) in [5.41, 5.74) is 0.880. The van der Waals surface area contributed by atoms with Crippen molar-refractivity contribution >= 4 is 17.8 Å². The van der Waals surface area contributed by atoms with E-state index in [2.05, 4.69) is 6.92 Å². The lowest BCUT2D eigenvalue weighted by Crippen LogP contribution is -2.33. The van der Waals surface area contributed by atoms with E-state index in [1.807, 2.05) is 0 Å². The van der Waals surface area contributed by atoms with Crippen LogP contribution in [0.5, 0.6) is 0 Å². The lowest BCUT2D eigenvalue weighted by molar-refractivity contribution is -0.145. The van der Waals surface area contributed by atoms with Gasteiger partial charge in [0.05, 0.1) is 137 Å². The fourth-order valence-corrected chi connectivity index (χ4v) is 4.44. The Bertz CT molecular complexity index is 961. The number of nitrogens with zero attached hydrogens (tertiary/aromatic N) is 1. The number of hydrogen-bond donors (Lipinski definition) is 0. The lowest BCUT2D eigenvalue weighted by Gasteiger charge is -2.13. The van der Waals surface area contributed by atoms with Crippen molar-refractivity contribution in [2.45, 2.75) is 39.0 Å². The molecular weight excluding hydrogens is 642 g/mol. The maximum Gasteiger partial charge on any atom is 0.305 e. The second-order valence-corrected chi connectivity index (χ2v) is 10.9. The Balaban J connectivity index is 1.18. The number of benzene rings is 1. The molecule has 0 saturated carbocycles. The van der Waals surface area contributed by atoms with Crippen LogP contribution in [0.25, 0.3) is 0 Å². The smallest absolute Gasteiger partial charge is 0.305 e. The number of carbonyl (C=O) groups excluding carboxylic acids is 3. The Morgan fingerprint density at radius 2 is 0.837 bits per heavy atom. The van der Waals surface area contributed by atoms with Crippen molar-refractivity contribution < 1.29 is 61.8 Å². The van der Waals surface area contributed by atoms with Gasteiger partial charge >= 0.3 is 5.97 Å². The molecule has 280 valence electrons. The van der Waals surface area contributed by atoms with Gasteiger partial charge in [0.1, 0.15) is 6.61 Å². The van der Waals surface area contributed by atoms with E-state index < -0.39 is 0 Å². The highest BCUT2D eigenvalue weighted by Gasteiger charge is 2.34. The van der Waals surface area contributed by atoms with Gasteiger partial charge in [0.2, 0.25) is 0 Å². The average molecular weight is 700 g/mol. The normalized spacial score (nSPS) is 12.6. The van der Waals surface area contributed by atoms with Gasteiger partial charge in [0, 0.05) is 6.42 Å². The highest BCUT2D eigenvalue weighted by atomic mass is 16.6. The van der Waals surface area contributed by atoms with E-state index in [4.69, 9.17) is 47.4 Å². The number of ether oxygens (including phenoxy) is 10. The SMILES string of the molecule is CCCCCCC(=O)OCCOCCOCCOCCOCCOCCOCCOCCOCCOCCN1C(=O)c2ccccc2C1=O. The van der Waals surface area contributed by atoms with Crippen molar-refractivity contribution in [1.29, 1.82) is 0 Å². The first-order chi connectivity index (χ1) is 24.1. The molecule has 14 nitrogen and oxygen atoms in total. The molecule has 0 fully saturated rings. The molecule has 2 amide bonds. The summed E-state index contributed by atoms with van der Waals surface area (Å²) in [4.78, 5) is 37.4. The number of unbranched alkanes of at least 4 members (excludes halogenated alkanes) is 3. The fourth-order valence-electron chi connectivity index (χ4n) is 4.44. The molecular formula is C35H57NO13. The number of amides is 2. The van der Waals surface area contributed by atoms with Gasteiger partial charge in [0.25, 0.3) is 11.8 Å². The third kappa shape index (κ3) is 21.3. The zero-order chi connectivity index (χ0) is 35.0. The van der Waals surface area contributed by atoms with Crippen molar-refractivity contribution in [2.75, 3.05) is 132 Å². The standard InChI is InChI=1S/C35H57NO13/c1-2-3-4-5-10-33(37)49-30-29-48-28-27-47-26-25-46-24-23-45-22-21-44-20-19-43-18-17-42-16-15-41-14-13-40-12-11-36-34(38)31-8-6-7-9-32(31)35(36)39/h6-9H,2-5,10-30H2,1H3. The summed E-state index contributed by atoms with van der Waals surface area (Å²) in [5.74, 6) is -0.719. The Labute approximate surface area is 290 Å². The molecule has 49 heavy (non-hydrogen) atoms. The molecule has 1 aliphatic rings. The zero-order valence-electron chi connectivity index (χ0n) is 29.2. The number of imide groups is 1. The van der Waals surface area contributed by atoms with Crippen LogP contribution in [0.4, 0.5) is 0 Å². The van der Waals surface area contributed by atoms with Gasteiger partial charge in [-0.15, -0.1) is 0 Å². The van der Waals surface area contributed by atoms with Crippen LogP contribution in [-0.2, 0) is 52.2 Å². The van der Waals surface area contributed by atoms with Crippen LogP contribution in [0, 0.1) is 0 Å². The van der Waals surface area contributed by atoms with Crippen molar-refractivity contribution in [1.82, 2.24) is 4.90 Å². The van der Waals surface area contributed by atoms with Gasteiger partial charge in [-0.3, -0.25) is 19.3 Å². The molecule has 0 unspecified atom stereocenters. The van der Waals surface area contributed by atoms with Crippen molar-refractivity contribution in [2.24, 2.45) is 0 Å². The van der Waals surface area contributed by atoms with E-state index in [-0.39, 0.29) is 37.5 Å². The van der Waals surface area contributed by atoms with Crippen LogP contribution in [-0.4, -0.2) is 155 Å². The summed E-state index contributed by atoms with van der Waals surface area (Å²) in [6, 6.07) is 6.81. The van der Waals surface area contributed by atoms with Gasteiger partial charge in [0.15, 0.2) is 0 Å². The van der Waals surface area contributed by atoms with Crippen LogP contribution in [0.15, 0.2) is 24.3 Å². The van der Waals surface area contributed by atoms with Crippen LogP contribution < -0.4 is 0 Å².